The minimum atomic E-state index is -3.49. The molecule has 0 unspecified atom stereocenters. The average molecular weight is 303 g/mol. The van der Waals surface area contributed by atoms with Crippen LogP contribution in [0.3, 0.4) is 0 Å². The van der Waals surface area contributed by atoms with Crippen LogP contribution in [0.2, 0.25) is 0 Å². The molecule has 2 aromatic rings. The van der Waals surface area contributed by atoms with Gasteiger partial charge in [-0.1, -0.05) is 30.4 Å². The van der Waals surface area contributed by atoms with Crippen LogP contribution in [0.25, 0.3) is 5.69 Å². The lowest BCUT2D eigenvalue weighted by Crippen LogP contribution is -2.36. The molecule has 3 rings (SSSR count). The van der Waals surface area contributed by atoms with E-state index < -0.39 is 10.0 Å². The van der Waals surface area contributed by atoms with Crippen LogP contribution in [0.15, 0.2) is 59.8 Å². The molecule has 0 atom stereocenters. The van der Waals surface area contributed by atoms with Gasteiger partial charge >= 0.3 is 0 Å². The van der Waals surface area contributed by atoms with Crippen LogP contribution in [-0.4, -0.2) is 35.6 Å². The molecule has 0 aliphatic carbocycles. The zero-order valence-corrected chi connectivity index (χ0v) is 12.5. The second-order valence-electron chi connectivity index (χ2n) is 5.15. The van der Waals surface area contributed by atoms with Crippen LogP contribution < -0.4 is 0 Å². The van der Waals surface area contributed by atoms with Crippen molar-refractivity contribution < 1.29 is 8.42 Å². The summed E-state index contributed by atoms with van der Waals surface area (Å²) in [6.45, 7) is 4.84. The fraction of sp³-hybridized carbons (Fsp3) is 0.267. The summed E-state index contributed by atoms with van der Waals surface area (Å²) in [5.74, 6) is 0. The molecule has 1 aliphatic rings. The van der Waals surface area contributed by atoms with Crippen molar-refractivity contribution in [3.63, 3.8) is 0 Å². The number of piperidine rings is 1. The smallest absolute Gasteiger partial charge is 0.240 e. The monoisotopic (exact) mass is 303 g/mol. The Balaban J connectivity index is 1.90. The number of nitrogens with zero attached hydrogens (tertiary/aromatic N) is 3. The van der Waals surface area contributed by atoms with Crippen molar-refractivity contribution in [2.45, 2.75) is 17.7 Å². The molecule has 0 radical (unpaired) electrons. The standard InChI is InChI=1S/C15H17N3O2S/c1-13-6-5-9-17(11-13)21(19,20)15-10-16-18(12-15)14-7-3-2-4-8-14/h2-4,7-8,10,12H,1,5-6,9,11H2. The van der Waals surface area contributed by atoms with Crippen molar-refractivity contribution in [2.75, 3.05) is 13.1 Å². The fourth-order valence-electron chi connectivity index (χ4n) is 2.43. The Morgan fingerprint density at radius 1 is 1.19 bits per heavy atom. The van der Waals surface area contributed by atoms with E-state index in [-0.39, 0.29) is 4.90 Å². The third-order valence-corrected chi connectivity index (χ3v) is 5.35. The zero-order chi connectivity index (χ0) is 14.9. The third-order valence-electron chi connectivity index (χ3n) is 3.56. The number of rotatable bonds is 3. The van der Waals surface area contributed by atoms with E-state index in [2.05, 4.69) is 11.7 Å². The molecule has 0 bridgehead atoms. The summed E-state index contributed by atoms with van der Waals surface area (Å²) < 4.78 is 28.3. The molecule has 2 heterocycles. The first kappa shape index (κ1) is 14.0. The first-order valence-corrected chi connectivity index (χ1v) is 8.28. The summed E-state index contributed by atoms with van der Waals surface area (Å²) in [6.07, 6.45) is 4.68. The maximum absolute atomic E-state index is 12.6. The Morgan fingerprint density at radius 2 is 1.95 bits per heavy atom. The highest BCUT2D eigenvalue weighted by atomic mass is 32.2. The summed E-state index contributed by atoms with van der Waals surface area (Å²) in [5.41, 5.74) is 1.79. The van der Waals surface area contributed by atoms with Crippen molar-refractivity contribution in [1.82, 2.24) is 14.1 Å². The maximum Gasteiger partial charge on any atom is 0.246 e. The number of aromatic nitrogens is 2. The molecule has 6 heteroatoms. The Labute approximate surface area is 124 Å². The molecule has 110 valence electrons. The summed E-state index contributed by atoms with van der Waals surface area (Å²) in [5, 5.41) is 4.15. The van der Waals surface area contributed by atoms with Gasteiger partial charge in [0.15, 0.2) is 0 Å². The minimum Gasteiger partial charge on any atom is -0.240 e. The molecule has 0 amide bonds. The van der Waals surface area contributed by atoms with Crippen molar-refractivity contribution in [3.05, 3.63) is 54.9 Å². The molecule has 0 spiro atoms. The molecule has 1 fully saturated rings. The Kier molecular flexibility index (Phi) is 3.65. The van der Waals surface area contributed by atoms with Crippen molar-refractivity contribution in [2.24, 2.45) is 0 Å². The Hall–Kier alpha value is -1.92. The molecule has 1 aromatic carbocycles. The molecule has 21 heavy (non-hydrogen) atoms. The second-order valence-corrected chi connectivity index (χ2v) is 7.09. The summed E-state index contributed by atoms with van der Waals surface area (Å²) in [7, 11) is -3.49. The lowest BCUT2D eigenvalue weighted by molar-refractivity contribution is 0.395. The first-order chi connectivity index (χ1) is 10.1. The second kappa shape index (κ2) is 5.46. The van der Waals surface area contributed by atoms with Gasteiger partial charge in [-0.15, -0.1) is 0 Å². The van der Waals surface area contributed by atoms with E-state index in [0.29, 0.717) is 13.1 Å². The molecule has 1 aromatic heterocycles. The molecule has 1 saturated heterocycles. The maximum atomic E-state index is 12.6. The van der Waals surface area contributed by atoms with Gasteiger partial charge in [0.25, 0.3) is 0 Å². The Bertz CT molecular complexity index is 750. The fourth-order valence-corrected chi connectivity index (χ4v) is 3.86. The number of hydrogen-bond acceptors (Lipinski definition) is 3. The van der Waals surface area contributed by atoms with E-state index in [9.17, 15) is 8.42 Å². The van der Waals surface area contributed by atoms with Gasteiger partial charge in [-0.05, 0) is 25.0 Å². The van der Waals surface area contributed by atoms with E-state index in [1.165, 1.54) is 10.5 Å². The van der Waals surface area contributed by atoms with Crippen molar-refractivity contribution >= 4 is 10.0 Å². The van der Waals surface area contributed by atoms with Crippen LogP contribution in [0.4, 0.5) is 0 Å². The summed E-state index contributed by atoms with van der Waals surface area (Å²) in [6, 6.07) is 9.45. The minimum absolute atomic E-state index is 0.223. The molecule has 0 saturated carbocycles. The van der Waals surface area contributed by atoms with E-state index in [0.717, 1.165) is 24.1 Å². The van der Waals surface area contributed by atoms with Gasteiger partial charge < -0.3 is 0 Å². The van der Waals surface area contributed by atoms with Gasteiger partial charge in [0, 0.05) is 13.1 Å². The zero-order valence-electron chi connectivity index (χ0n) is 11.6. The number of benzene rings is 1. The SMILES string of the molecule is C=C1CCCN(S(=O)(=O)c2cnn(-c3ccccc3)c2)C1. The average Bonchev–Trinajstić information content (AvgIpc) is 2.99. The largest absolute Gasteiger partial charge is 0.246 e. The first-order valence-electron chi connectivity index (χ1n) is 6.84. The van der Waals surface area contributed by atoms with E-state index in [1.54, 1.807) is 10.9 Å². The van der Waals surface area contributed by atoms with Gasteiger partial charge in [0.1, 0.15) is 4.90 Å². The van der Waals surface area contributed by atoms with E-state index in [1.807, 2.05) is 30.3 Å². The van der Waals surface area contributed by atoms with Gasteiger partial charge in [0.2, 0.25) is 10.0 Å². The summed E-state index contributed by atoms with van der Waals surface area (Å²) >= 11 is 0. The van der Waals surface area contributed by atoms with Crippen LogP contribution in [0.5, 0.6) is 0 Å². The molecule has 1 aliphatic heterocycles. The van der Waals surface area contributed by atoms with Gasteiger partial charge in [-0.2, -0.15) is 9.40 Å². The van der Waals surface area contributed by atoms with Crippen LogP contribution in [-0.2, 0) is 10.0 Å². The van der Waals surface area contributed by atoms with Crippen molar-refractivity contribution in [1.29, 1.82) is 0 Å². The highest BCUT2D eigenvalue weighted by Crippen LogP contribution is 2.22. The molecular weight excluding hydrogens is 286 g/mol. The van der Waals surface area contributed by atoms with Crippen LogP contribution in [0, 0.1) is 0 Å². The highest BCUT2D eigenvalue weighted by Gasteiger charge is 2.28. The van der Waals surface area contributed by atoms with Gasteiger partial charge in [-0.3, -0.25) is 0 Å². The molecule has 0 N–H and O–H groups in total. The van der Waals surface area contributed by atoms with E-state index in [4.69, 9.17) is 0 Å². The predicted octanol–water partition coefficient (Wildman–Crippen LogP) is 2.21. The van der Waals surface area contributed by atoms with Gasteiger partial charge in [0.05, 0.1) is 18.1 Å². The van der Waals surface area contributed by atoms with Crippen molar-refractivity contribution in [3.8, 4) is 5.69 Å². The number of sulfonamides is 1. The lowest BCUT2D eigenvalue weighted by Gasteiger charge is -2.26. The number of hydrogen-bond donors (Lipinski definition) is 0. The quantitative estimate of drug-likeness (QED) is 0.817. The molecular formula is C15H17N3O2S. The number of para-hydroxylation sites is 1. The molecule has 5 nitrogen and oxygen atoms in total. The highest BCUT2D eigenvalue weighted by molar-refractivity contribution is 7.89. The van der Waals surface area contributed by atoms with Gasteiger partial charge in [-0.25, -0.2) is 13.1 Å². The van der Waals surface area contributed by atoms with E-state index >= 15 is 0 Å². The lowest BCUT2D eigenvalue weighted by atomic mass is 10.1. The Morgan fingerprint density at radius 3 is 2.67 bits per heavy atom. The topological polar surface area (TPSA) is 55.2 Å². The van der Waals surface area contributed by atoms with Crippen LogP contribution in [0.1, 0.15) is 12.8 Å². The summed E-state index contributed by atoms with van der Waals surface area (Å²) in [4.78, 5) is 0.223. The van der Waals surface area contributed by atoms with Crippen LogP contribution >= 0.6 is 0 Å². The normalized spacial score (nSPS) is 17.0. The third kappa shape index (κ3) is 2.77. The predicted molar refractivity (Wildman–Crippen MR) is 80.7 cm³/mol.